The predicted octanol–water partition coefficient (Wildman–Crippen LogP) is 4.71. The maximum atomic E-state index is 12.9. The highest BCUT2D eigenvalue weighted by Crippen LogP contribution is 2.32. The van der Waals surface area contributed by atoms with Crippen molar-refractivity contribution in [3.8, 4) is 0 Å². The van der Waals surface area contributed by atoms with Crippen LogP contribution >= 0.6 is 0 Å². The predicted molar refractivity (Wildman–Crippen MR) is 124 cm³/mol. The topological polar surface area (TPSA) is 66.5 Å². The van der Waals surface area contributed by atoms with E-state index in [1.807, 2.05) is 42.2 Å². The normalized spacial score (nSPS) is 15.5. The van der Waals surface area contributed by atoms with Crippen molar-refractivity contribution in [1.82, 2.24) is 0 Å². The molecule has 3 aromatic carbocycles. The molecule has 1 N–H and O–H groups in total. The van der Waals surface area contributed by atoms with Crippen molar-refractivity contribution in [2.45, 2.75) is 44.0 Å². The first-order chi connectivity index (χ1) is 14.8. The van der Waals surface area contributed by atoms with Gasteiger partial charge in [0, 0.05) is 23.8 Å². The fourth-order valence-corrected chi connectivity index (χ4v) is 5.05. The second-order valence-corrected chi connectivity index (χ2v) is 9.74. The lowest BCUT2D eigenvalue weighted by atomic mass is 10.1. The standard InChI is InChI=1S/C25H26N2O3S/c1-18-7-12-22(13-8-18)26-31(29,30)23-14-9-20(10-15-23)11-16-25(28)27-19(2)17-21-5-3-4-6-24(21)27/h3-10,12-15,19,26H,11,16-17H2,1-2H3. The molecule has 6 heteroatoms. The molecular weight excluding hydrogens is 408 g/mol. The molecule has 1 aliphatic heterocycles. The molecule has 5 nitrogen and oxygen atoms in total. The summed E-state index contributed by atoms with van der Waals surface area (Å²) in [5.41, 5.74) is 4.74. The monoisotopic (exact) mass is 434 g/mol. The number of hydrogen-bond donors (Lipinski definition) is 1. The summed E-state index contributed by atoms with van der Waals surface area (Å²) in [6.45, 7) is 4.02. The molecule has 1 amide bonds. The van der Waals surface area contributed by atoms with Crippen molar-refractivity contribution in [3.05, 3.63) is 89.5 Å². The molecule has 3 aromatic rings. The molecule has 0 radical (unpaired) electrons. The van der Waals surface area contributed by atoms with E-state index in [4.69, 9.17) is 0 Å². The number of carbonyl (C=O) groups is 1. The average molecular weight is 435 g/mol. The maximum Gasteiger partial charge on any atom is 0.261 e. The summed E-state index contributed by atoms with van der Waals surface area (Å²) < 4.78 is 27.8. The van der Waals surface area contributed by atoms with Gasteiger partial charge < -0.3 is 4.90 Å². The highest BCUT2D eigenvalue weighted by molar-refractivity contribution is 7.92. The number of amides is 1. The first-order valence-electron chi connectivity index (χ1n) is 10.4. The second kappa shape index (κ2) is 8.55. The number of carbonyl (C=O) groups excluding carboxylic acids is 1. The smallest absolute Gasteiger partial charge is 0.261 e. The van der Waals surface area contributed by atoms with E-state index in [1.54, 1.807) is 36.4 Å². The number of nitrogens with one attached hydrogen (secondary N) is 1. The molecule has 0 bridgehead atoms. The summed E-state index contributed by atoms with van der Waals surface area (Å²) in [5.74, 6) is 0.0928. The van der Waals surface area contributed by atoms with Crippen molar-refractivity contribution < 1.29 is 13.2 Å². The largest absolute Gasteiger partial charge is 0.309 e. The van der Waals surface area contributed by atoms with E-state index >= 15 is 0 Å². The number of anilines is 2. The Labute approximate surface area is 183 Å². The zero-order valence-corrected chi connectivity index (χ0v) is 18.5. The average Bonchev–Trinajstić information content (AvgIpc) is 3.09. The van der Waals surface area contributed by atoms with Gasteiger partial charge in [-0.3, -0.25) is 9.52 Å². The van der Waals surface area contributed by atoms with Crippen LogP contribution < -0.4 is 9.62 Å². The molecule has 1 unspecified atom stereocenters. The summed E-state index contributed by atoms with van der Waals surface area (Å²) in [6, 6.07) is 22.1. The SMILES string of the molecule is Cc1ccc(NS(=O)(=O)c2ccc(CCC(=O)N3c4ccccc4CC3C)cc2)cc1. The van der Waals surface area contributed by atoms with E-state index < -0.39 is 10.0 Å². The Balaban J connectivity index is 1.40. The lowest BCUT2D eigenvalue weighted by Gasteiger charge is -2.22. The fourth-order valence-electron chi connectivity index (χ4n) is 3.99. The van der Waals surface area contributed by atoms with Crippen LogP contribution in [-0.4, -0.2) is 20.4 Å². The minimum atomic E-state index is -3.65. The molecule has 0 aliphatic carbocycles. The number of fused-ring (bicyclic) bond motifs is 1. The van der Waals surface area contributed by atoms with Crippen LogP contribution in [0.1, 0.15) is 30.0 Å². The summed E-state index contributed by atoms with van der Waals surface area (Å²) in [7, 11) is -3.65. The lowest BCUT2D eigenvalue weighted by Crippen LogP contribution is -2.35. The Morgan fingerprint density at radius 3 is 2.39 bits per heavy atom. The first kappa shape index (κ1) is 21.1. The Bertz CT molecular complexity index is 1190. The number of rotatable bonds is 6. The molecule has 1 aliphatic rings. The number of aryl methyl sites for hydroxylation is 2. The van der Waals surface area contributed by atoms with Crippen LogP contribution in [0.25, 0.3) is 0 Å². The van der Waals surface area contributed by atoms with Crippen LogP contribution in [0.15, 0.2) is 77.7 Å². The van der Waals surface area contributed by atoms with Crippen LogP contribution in [0.3, 0.4) is 0 Å². The van der Waals surface area contributed by atoms with E-state index in [2.05, 4.69) is 17.7 Å². The van der Waals surface area contributed by atoms with Gasteiger partial charge in [-0.15, -0.1) is 0 Å². The molecule has 4 rings (SSSR count). The first-order valence-corrected chi connectivity index (χ1v) is 11.9. The lowest BCUT2D eigenvalue weighted by molar-refractivity contribution is -0.118. The Morgan fingerprint density at radius 2 is 1.68 bits per heavy atom. The van der Waals surface area contributed by atoms with Gasteiger partial charge in [-0.25, -0.2) is 8.42 Å². The van der Waals surface area contributed by atoms with Crippen molar-refractivity contribution in [2.75, 3.05) is 9.62 Å². The molecule has 0 saturated heterocycles. The van der Waals surface area contributed by atoms with Gasteiger partial charge in [-0.2, -0.15) is 0 Å². The van der Waals surface area contributed by atoms with Gasteiger partial charge in [-0.05, 0) is 68.1 Å². The van der Waals surface area contributed by atoms with Gasteiger partial charge in [0.25, 0.3) is 10.0 Å². The Hall–Kier alpha value is -3.12. The molecular formula is C25H26N2O3S. The molecule has 1 atom stereocenters. The number of benzene rings is 3. The van der Waals surface area contributed by atoms with Crippen molar-refractivity contribution >= 4 is 27.3 Å². The molecule has 31 heavy (non-hydrogen) atoms. The van der Waals surface area contributed by atoms with Gasteiger partial charge in [0.15, 0.2) is 0 Å². The van der Waals surface area contributed by atoms with Crippen LogP contribution in [-0.2, 0) is 27.7 Å². The number of nitrogens with zero attached hydrogens (tertiary/aromatic N) is 1. The third-order valence-corrected chi connectivity index (χ3v) is 7.04. The molecule has 0 saturated carbocycles. The molecule has 0 fully saturated rings. The molecule has 0 spiro atoms. The van der Waals surface area contributed by atoms with Crippen molar-refractivity contribution in [2.24, 2.45) is 0 Å². The highest BCUT2D eigenvalue weighted by Gasteiger charge is 2.30. The van der Waals surface area contributed by atoms with Crippen LogP contribution in [0.2, 0.25) is 0 Å². The van der Waals surface area contributed by atoms with Gasteiger partial charge in [0.1, 0.15) is 0 Å². The number of hydrogen-bond acceptors (Lipinski definition) is 3. The quantitative estimate of drug-likeness (QED) is 0.611. The maximum absolute atomic E-state index is 12.9. The summed E-state index contributed by atoms with van der Waals surface area (Å²) in [5, 5.41) is 0. The number of sulfonamides is 1. The van der Waals surface area contributed by atoms with Gasteiger partial charge >= 0.3 is 0 Å². The Kier molecular flexibility index (Phi) is 5.83. The minimum Gasteiger partial charge on any atom is -0.309 e. The summed E-state index contributed by atoms with van der Waals surface area (Å²) in [6.07, 6.45) is 1.82. The summed E-state index contributed by atoms with van der Waals surface area (Å²) >= 11 is 0. The van der Waals surface area contributed by atoms with E-state index in [0.29, 0.717) is 18.5 Å². The zero-order chi connectivity index (χ0) is 22.0. The van der Waals surface area contributed by atoms with Crippen LogP contribution in [0, 0.1) is 6.92 Å². The van der Waals surface area contributed by atoms with Crippen molar-refractivity contribution in [1.29, 1.82) is 0 Å². The van der Waals surface area contributed by atoms with Gasteiger partial charge in [0.05, 0.1) is 4.90 Å². The zero-order valence-electron chi connectivity index (χ0n) is 17.7. The highest BCUT2D eigenvalue weighted by atomic mass is 32.2. The number of para-hydroxylation sites is 1. The molecule has 160 valence electrons. The van der Waals surface area contributed by atoms with Gasteiger partial charge in [0.2, 0.25) is 5.91 Å². The molecule has 1 heterocycles. The van der Waals surface area contributed by atoms with Crippen molar-refractivity contribution in [3.63, 3.8) is 0 Å². The molecule has 0 aromatic heterocycles. The second-order valence-electron chi connectivity index (χ2n) is 8.06. The Morgan fingerprint density at radius 1 is 1.00 bits per heavy atom. The van der Waals surface area contributed by atoms with E-state index in [1.165, 1.54) is 5.56 Å². The fraction of sp³-hybridized carbons (Fsp3) is 0.240. The van der Waals surface area contributed by atoms with E-state index in [-0.39, 0.29) is 16.8 Å². The van der Waals surface area contributed by atoms with Crippen LogP contribution in [0.4, 0.5) is 11.4 Å². The van der Waals surface area contributed by atoms with Crippen LogP contribution in [0.5, 0.6) is 0 Å². The van der Waals surface area contributed by atoms with E-state index in [9.17, 15) is 13.2 Å². The summed E-state index contributed by atoms with van der Waals surface area (Å²) in [4.78, 5) is 15.0. The minimum absolute atomic E-state index is 0.0928. The van der Waals surface area contributed by atoms with E-state index in [0.717, 1.165) is 23.2 Å². The van der Waals surface area contributed by atoms with Gasteiger partial charge in [-0.1, -0.05) is 48.0 Å². The third-order valence-electron chi connectivity index (χ3n) is 5.64. The third kappa shape index (κ3) is 4.64.